The summed E-state index contributed by atoms with van der Waals surface area (Å²) in [5.41, 5.74) is 5.56. The Labute approximate surface area is 291 Å². The number of benzene rings is 4. The van der Waals surface area contributed by atoms with Gasteiger partial charge in [0, 0.05) is 54.1 Å². The standard InChI is InChI=1S/C42H33N3O5/c1-4-28-7-11-33(12-8-28)40(46)45-24-23-44(27-35(45)6-3)39-25-37(38(26-43-39)41(47)48)32-17-15-30(16-18-32)31-19-21-36(22-20-31)50-42(49)34-13-9-29(5-2)10-14-34/h1-2,7-22,25-26,35H,6,23-24,27H2,3H3,(H,47,48). The second-order valence-electron chi connectivity index (χ2n) is 11.8. The lowest BCUT2D eigenvalue weighted by molar-refractivity contribution is 0.0648. The molecule has 1 aliphatic heterocycles. The van der Waals surface area contributed by atoms with E-state index in [4.69, 9.17) is 17.6 Å². The van der Waals surface area contributed by atoms with Gasteiger partial charge < -0.3 is 19.6 Å². The van der Waals surface area contributed by atoms with Crippen molar-refractivity contribution in [1.82, 2.24) is 9.88 Å². The van der Waals surface area contributed by atoms with Crippen molar-refractivity contribution in [1.29, 1.82) is 0 Å². The van der Waals surface area contributed by atoms with Crippen LogP contribution in [0, 0.1) is 24.7 Å². The van der Waals surface area contributed by atoms with Crippen LogP contribution in [0.1, 0.15) is 55.5 Å². The SMILES string of the molecule is C#Cc1ccc(C(=O)Oc2ccc(-c3ccc(-c4cc(N5CCN(C(=O)c6ccc(C#C)cc6)C(CC)C5)ncc4C(=O)O)cc3)cc2)cc1. The van der Waals surface area contributed by atoms with Crippen molar-refractivity contribution in [3.63, 3.8) is 0 Å². The predicted molar refractivity (Wildman–Crippen MR) is 193 cm³/mol. The van der Waals surface area contributed by atoms with Crippen molar-refractivity contribution in [2.75, 3.05) is 24.5 Å². The lowest BCUT2D eigenvalue weighted by Gasteiger charge is -2.42. The Morgan fingerprint density at radius 3 is 1.92 bits per heavy atom. The number of nitrogens with zero attached hydrogens (tertiary/aromatic N) is 3. The molecule has 8 heteroatoms. The molecule has 50 heavy (non-hydrogen) atoms. The summed E-state index contributed by atoms with van der Waals surface area (Å²) in [6, 6.07) is 30.2. The normalized spacial score (nSPS) is 13.9. The summed E-state index contributed by atoms with van der Waals surface area (Å²) >= 11 is 0. The van der Waals surface area contributed by atoms with Gasteiger partial charge in [0.15, 0.2) is 0 Å². The largest absolute Gasteiger partial charge is 0.478 e. The van der Waals surface area contributed by atoms with Gasteiger partial charge in [-0.2, -0.15) is 0 Å². The van der Waals surface area contributed by atoms with E-state index >= 15 is 0 Å². The third-order valence-electron chi connectivity index (χ3n) is 8.84. The third-order valence-corrected chi connectivity index (χ3v) is 8.84. The zero-order chi connectivity index (χ0) is 35.2. The van der Waals surface area contributed by atoms with Gasteiger partial charge in [-0.25, -0.2) is 14.6 Å². The Morgan fingerprint density at radius 2 is 1.36 bits per heavy atom. The number of ether oxygens (including phenoxy) is 1. The molecule has 1 unspecified atom stereocenters. The van der Waals surface area contributed by atoms with Crippen LogP contribution in [0.15, 0.2) is 109 Å². The van der Waals surface area contributed by atoms with E-state index in [-0.39, 0.29) is 17.5 Å². The first-order valence-corrected chi connectivity index (χ1v) is 16.1. The summed E-state index contributed by atoms with van der Waals surface area (Å²) in [4.78, 5) is 46.7. The minimum atomic E-state index is -1.07. The second kappa shape index (κ2) is 14.6. The summed E-state index contributed by atoms with van der Waals surface area (Å²) < 4.78 is 5.52. The quantitative estimate of drug-likeness (QED) is 0.108. The number of rotatable bonds is 8. The highest BCUT2D eigenvalue weighted by Crippen LogP contribution is 2.31. The first-order valence-electron chi connectivity index (χ1n) is 16.1. The molecule has 4 aromatic carbocycles. The Kier molecular flexibility index (Phi) is 9.74. The molecule has 0 spiro atoms. The first kappa shape index (κ1) is 33.3. The van der Waals surface area contributed by atoms with Gasteiger partial charge >= 0.3 is 11.9 Å². The number of hydrogen-bond donors (Lipinski definition) is 1. The number of carboxylic acid groups (broad SMARTS) is 1. The summed E-state index contributed by atoms with van der Waals surface area (Å²) in [6.45, 7) is 3.65. The molecule has 1 N–H and O–H groups in total. The maximum atomic E-state index is 13.4. The number of carbonyl (C=O) groups excluding carboxylic acids is 2. The molecule has 0 radical (unpaired) electrons. The second-order valence-corrected chi connectivity index (χ2v) is 11.8. The summed E-state index contributed by atoms with van der Waals surface area (Å²) in [6.07, 6.45) is 13.0. The molecule has 1 fully saturated rings. The van der Waals surface area contributed by atoms with Gasteiger partial charge in [0.1, 0.15) is 11.6 Å². The molecular weight excluding hydrogens is 626 g/mol. The third kappa shape index (κ3) is 7.11. The number of aromatic carboxylic acids is 1. The van der Waals surface area contributed by atoms with Gasteiger partial charge in [-0.3, -0.25) is 4.79 Å². The highest BCUT2D eigenvalue weighted by molar-refractivity contribution is 5.97. The zero-order valence-electron chi connectivity index (χ0n) is 27.4. The van der Waals surface area contributed by atoms with Crippen LogP contribution in [0.3, 0.4) is 0 Å². The average molecular weight is 660 g/mol. The average Bonchev–Trinajstić information content (AvgIpc) is 3.17. The van der Waals surface area contributed by atoms with Crippen LogP contribution in [0.5, 0.6) is 5.75 Å². The highest BCUT2D eigenvalue weighted by atomic mass is 16.5. The van der Waals surface area contributed by atoms with Crippen LogP contribution in [0.2, 0.25) is 0 Å². The monoisotopic (exact) mass is 659 g/mol. The molecule has 0 aliphatic carbocycles. The molecule has 1 saturated heterocycles. The molecule has 6 rings (SSSR count). The van der Waals surface area contributed by atoms with Crippen molar-refractivity contribution >= 4 is 23.7 Å². The molecule has 0 saturated carbocycles. The fraction of sp³-hybridized carbons (Fsp3) is 0.143. The Hall–Kier alpha value is -6.64. The number of anilines is 1. The van der Waals surface area contributed by atoms with E-state index in [9.17, 15) is 19.5 Å². The van der Waals surface area contributed by atoms with Crippen LogP contribution >= 0.6 is 0 Å². The van der Waals surface area contributed by atoms with Crippen LogP contribution in [-0.2, 0) is 0 Å². The topological polar surface area (TPSA) is 100 Å². The van der Waals surface area contributed by atoms with Crippen molar-refractivity contribution in [3.05, 3.63) is 137 Å². The molecule has 1 amide bonds. The predicted octanol–water partition coefficient (Wildman–Crippen LogP) is 7.04. The van der Waals surface area contributed by atoms with Gasteiger partial charge in [0.25, 0.3) is 5.91 Å². The fourth-order valence-corrected chi connectivity index (χ4v) is 6.01. The lowest BCUT2D eigenvalue weighted by Crippen LogP contribution is -2.55. The van der Waals surface area contributed by atoms with E-state index in [1.54, 1.807) is 60.7 Å². The van der Waals surface area contributed by atoms with E-state index < -0.39 is 11.9 Å². The van der Waals surface area contributed by atoms with E-state index in [1.807, 2.05) is 54.3 Å². The fourth-order valence-electron chi connectivity index (χ4n) is 6.01. The van der Waals surface area contributed by atoms with Crippen molar-refractivity contribution in [2.45, 2.75) is 19.4 Å². The van der Waals surface area contributed by atoms with Gasteiger partial charge in [0.05, 0.1) is 11.1 Å². The summed E-state index contributed by atoms with van der Waals surface area (Å²) in [5, 5.41) is 10.0. The molecule has 1 atom stereocenters. The van der Waals surface area contributed by atoms with Crippen molar-refractivity contribution in [2.24, 2.45) is 0 Å². The lowest BCUT2D eigenvalue weighted by atomic mass is 9.97. The number of piperazine rings is 1. The van der Waals surface area contributed by atoms with E-state index in [1.165, 1.54) is 6.20 Å². The van der Waals surface area contributed by atoms with Crippen molar-refractivity contribution in [3.8, 4) is 52.7 Å². The Morgan fingerprint density at radius 1 is 0.800 bits per heavy atom. The van der Waals surface area contributed by atoms with Gasteiger partial charge in [-0.1, -0.05) is 55.2 Å². The summed E-state index contributed by atoms with van der Waals surface area (Å²) in [5.74, 6) is 4.55. The van der Waals surface area contributed by atoms with E-state index in [0.717, 1.165) is 28.7 Å². The number of pyridine rings is 1. The number of esters is 1. The number of carboxylic acids is 1. The molecule has 2 heterocycles. The molecule has 0 bridgehead atoms. The first-order chi connectivity index (χ1) is 24.3. The van der Waals surface area contributed by atoms with Crippen LogP contribution in [0.4, 0.5) is 5.82 Å². The molecule has 1 aromatic heterocycles. The maximum absolute atomic E-state index is 13.4. The molecular formula is C42H33N3O5. The smallest absolute Gasteiger partial charge is 0.343 e. The number of terminal acetylenes is 2. The van der Waals surface area contributed by atoms with E-state index in [0.29, 0.717) is 53.5 Å². The maximum Gasteiger partial charge on any atom is 0.343 e. The van der Waals surface area contributed by atoms with Gasteiger partial charge in [-0.05, 0) is 89.8 Å². The van der Waals surface area contributed by atoms with Crippen LogP contribution in [-0.4, -0.2) is 58.5 Å². The van der Waals surface area contributed by atoms with Gasteiger partial charge in [-0.15, -0.1) is 12.8 Å². The molecule has 246 valence electrons. The number of carbonyl (C=O) groups is 3. The Balaban J connectivity index is 1.17. The number of aromatic nitrogens is 1. The highest BCUT2D eigenvalue weighted by Gasteiger charge is 2.31. The molecule has 1 aliphatic rings. The summed E-state index contributed by atoms with van der Waals surface area (Å²) in [7, 11) is 0. The van der Waals surface area contributed by atoms with Crippen molar-refractivity contribution < 1.29 is 24.2 Å². The van der Waals surface area contributed by atoms with Crippen LogP contribution in [0.25, 0.3) is 22.3 Å². The Bertz CT molecular complexity index is 2130. The number of hydrogen-bond acceptors (Lipinski definition) is 6. The minimum absolute atomic E-state index is 0.0439. The van der Waals surface area contributed by atoms with E-state index in [2.05, 4.69) is 21.7 Å². The molecule has 8 nitrogen and oxygen atoms in total. The van der Waals surface area contributed by atoms with Gasteiger partial charge in [0.2, 0.25) is 0 Å². The zero-order valence-corrected chi connectivity index (χ0v) is 27.4. The molecule has 5 aromatic rings. The minimum Gasteiger partial charge on any atom is -0.478 e. The number of amides is 1. The van der Waals surface area contributed by atoms with Crippen LogP contribution < -0.4 is 9.64 Å².